The highest BCUT2D eigenvalue weighted by atomic mass is 32.2. The average Bonchev–Trinajstić information content (AvgIpc) is 2.38. The normalized spacial score (nSPS) is 12.3. The third kappa shape index (κ3) is 3.71. The summed E-state index contributed by atoms with van der Waals surface area (Å²) in [5.74, 6) is 0. The maximum Gasteiger partial charge on any atom is 0.251 e. The van der Waals surface area contributed by atoms with E-state index in [9.17, 15) is 4.79 Å². The summed E-state index contributed by atoms with van der Waals surface area (Å²) in [5.41, 5.74) is 7.75. The lowest BCUT2D eigenvalue weighted by atomic mass is 10.1. The summed E-state index contributed by atoms with van der Waals surface area (Å²) in [7, 11) is 0. The fourth-order valence-corrected chi connectivity index (χ4v) is 3.01. The molecule has 0 spiro atoms. The molecule has 0 fully saturated rings. The Morgan fingerprint density at radius 1 is 1.40 bits per heavy atom. The predicted molar refractivity (Wildman–Crippen MR) is 82.0 cm³/mol. The Hall–Kier alpha value is -1.59. The summed E-state index contributed by atoms with van der Waals surface area (Å²) in [6.45, 7) is 4.02. The molecule has 0 bridgehead atoms. The molecule has 1 aromatic heterocycles. The van der Waals surface area contributed by atoms with Gasteiger partial charge < -0.3 is 10.7 Å². The lowest BCUT2D eigenvalue weighted by Crippen LogP contribution is -2.10. The van der Waals surface area contributed by atoms with Crippen LogP contribution in [0.15, 0.2) is 45.2 Å². The monoisotopic (exact) mass is 289 g/mol. The number of aryl methyl sites for hydroxylation is 1. The zero-order valence-electron chi connectivity index (χ0n) is 11.7. The summed E-state index contributed by atoms with van der Waals surface area (Å²) in [5, 5.41) is 0.619. The number of hydrogen-bond acceptors (Lipinski definition) is 4. The molecule has 4 nitrogen and oxygen atoms in total. The molecule has 0 radical (unpaired) electrons. The van der Waals surface area contributed by atoms with Crippen molar-refractivity contribution in [2.45, 2.75) is 42.8 Å². The Balaban J connectivity index is 2.32. The van der Waals surface area contributed by atoms with Crippen molar-refractivity contribution in [2.24, 2.45) is 5.73 Å². The quantitative estimate of drug-likeness (QED) is 0.830. The molecule has 5 heteroatoms. The summed E-state index contributed by atoms with van der Waals surface area (Å²) in [6, 6.07) is 9.43. The van der Waals surface area contributed by atoms with Crippen LogP contribution < -0.4 is 11.3 Å². The first-order chi connectivity index (χ1) is 9.60. The first kappa shape index (κ1) is 14.8. The van der Waals surface area contributed by atoms with Crippen LogP contribution in [0.5, 0.6) is 0 Å². The third-order valence-corrected chi connectivity index (χ3v) is 3.87. The predicted octanol–water partition coefficient (Wildman–Crippen LogP) is 2.89. The Morgan fingerprint density at radius 2 is 2.15 bits per heavy atom. The number of nitrogens with two attached hydrogens (primary N) is 1. The Labute approximate surface area is 122 Å². The van der Waals surface area contributed by atoms with E-state index in [0.717, 1.165) is 29.0 Å². The van der Waals surface area contributed by atoms with Crippen molar-refractivity contribution >= 4 is 11.8 Å². The third-order valence-electron chi connectivity index (χ3n) is 2.90. The minimum Gasteiger partial charge on any atom is -0.324 e. The van der Waals surface area contributed by atoms with E-state index in [0.29, 0.717) is 5.16 Å². The van der Waals surface area contributed by atoms with Gasteiger partial charge >= 0.3 is 0 Å². The van der Waals surface area contributed by atoms with Crippen molar-refractivity contribution in [2.75, 3.05) is 0 Å². The van der Waals surface area contributed by atoms with Gasteiger partial charge in [-0.3, -0.25) is 4.79 Å². The molecule has 0 saturated heterocycles. The molecule has 20 heavy (non-hydrogen) atoms. The van der Waals surface area contributed by atoms with Crippen LogP contribution in [0.3, 0.4) is 0 Å². The van der Waals surface area contributed by atoms with E-state index in [1.54, 1.807) is 6.07 Å². The van der Waals surface area contributed by atoms with Crippen molar-refractivity contribution in [1.29, 1.82) is 0 Å². The van der Waals surface area contributed by atoms with E-state index >= 15 is 0 Å². The lowest BCUT2D eigenvalue weighted by molar-refractivity contribution is 0.793. The maximum absolute atomic E-state index is 11.7. The van der Waals surface area contributed by atoms with Crippen molar-refractivity contribution in [1.82, 2.24) is 9.97 Å². The van der Waals surface area contributed by atoms with Gasteiger partial charge in [0, 0.05) is 22.7 Å². The largest absolute Gasteiger partial charge is 0.324 e. The molecule has 0 aliphatic rings. The fourth-order valence-electron chi connectivity index (χ4n) is 1.97. The van der Waals surface area contributed by atoms with Gasteiger partial charge in [-0.1, -0.05) is 43.3 Å². The van der Waals surface area contributed by atoms with Gasteiger partial charge in [-0.15, -0.1) is 0 Å². The highest BCUT2D eigenvalue weighted by Gasteiger charge is 2.09. The van der Waals surface area contributed by atoms with Gasteiger partial charge in [0.1, 0.15) is 0 Å². The summed E-state index contributed by atoms with van der Waals surface area (Å²) in [4.78, 5) is 20.0. The van der Waals surface area contributed by atoms with Gasteiger partial charge in [-0.05, 0) is 25.0 Å². The molecular formula is C15H19N3OS. The smallest absolute Gasteiger partial charge is 0.251 e. The van der Waals surface area contributed by atoms with E-state index in [4.69, 9.17) is 5.73 Å². The van der Waals surface area contributed by atoms with E-state index in [2.05, 4.69) is 16.9 Å². The van der Waals surface area contributed by atoms with Crippen LogP contribution >= 0.6 is 11.8 Å². The second-order valence-electron chi connectivity index (χ2n) is 4.72. The van der Waals surface area contributed by atoms with Gasteiger partial charge in [0.25, 0.3) is 5.56 Å². The molecule has 0 aliphatic heterocycles. The first-order valence-electron chi connectivity index (χ1n) is 6.72. The van der Waals surface area contributed by atoms with Gasteiger partial charge in [-0.25, -0.2) is 4.98 Å². The van der Waals surface area contributed by atoms with E-state index in [-0.39, 0.29) is 11.6 Å². The van der Waals surface area contributed by atoms with Crippen LogP contribution in [0.4, 0.5) is 0 Å². The average molecular weight is 289 g/mol. The van der Waals surface area contributed by atoms with Crippen molar-refractivity contribution in [3.8, 4) is 0 Å². The van der Waals surface area contributed by atoms with Gasteiger partial charge in [0.05, 0.1) is 0 Å². The van der Waals surface area contributed by atoms with E-state index in [1.165, 1.54) is 11.8 Å². The summed E-state index contributed by atoms with van der Waals surface area (Å²) >= 11 is 1.45. The molecule has 0 saturated carbocycles. The van der Waals surface area contributed by atoms with Gasteiger partial charge in [0.15, 0.2) is 5.16 Å². The number of H-pyrrole nitrogens is 1. The minimum absolute atomic E-state index is 0.0516. The van der Waals surface area contributed by atoms with Crippen LogP contribution in [0, 0.1) is 0 Å². The molecular weight excluding hydrogens is 270 g/mol. The number of hydrogen-bond donors (Lipinski definition) is 2. The van der Waals surface area contributed by atoms with Crippen LogP contribution in [0.1, 0.15) is 37.6 Å². The molecule has 1 atom stereocenters. The zero-order valence-corrected chi connectivity index (χ0v) is 12.5. The molecule has 0 amide bonds. The Morgan fingerprint density at radius 3 is 2.85 bits per heavy atom. The summed E-state index contributed by atoms with van der Waals surface area (Å²) in [6.07, 6.45) is 1.78. The van der Waals surface area contributed by atoms with Gasteiger partial charge in [0.2, 0.25) is 0 Å². The molecule has 3 N–H and O–H groups in total. The maximum atomic E-state index is 11.7. The fraction of sp³-hybridized carbons (Fsp3) is 0.333. The lowest BCUT2D eigenvalue weighted by Gasteiger charge is -2.11. The van der Waals surface area contributed by atoms with Gasteiger partial charge in [-0.2, -0.15) is 0 Å². The van der Waals surface area contributed by atoms with Crippen LogP contribution in [0.25, 0.3) is 0 Å². The molecule has 1 heterocycles. The zero-order chi connectivity index (χ0) is 14.5. The number of rotatable bonds is 5. The second kappa shape index (κ2) is 6.72. The number of aromatic nitrogens is 2. The minimum atomic E-state index is -0.107. The molecule has 2 rings (SSSR count). The van der Waals surface area contributed by atoms with Crippen LogP contribution in [-0.2, 0) is 6.42 Å². The molecule has 2 aromatic rings. The SMILES string of the molecule is CCCc1cc(=O)[nH]c(Sc2ccccc2[C@@H](C)N)n1. The van der Waals surface area contributed by atoms with Crippen molar-refractivity contribution in [3.63, 3.8) is 0 Å². The summed E-state index contributed by atoms with van der Waals surface area (Å²) < 4.78 is 0. The highest BCUT2D eigenvalue weighted by molar-refractivity contribution is 7.99. The second-order valence-corrected chi connectivity index (χ2v) is 5.75. The highest BCUT2D eigenvalue weighted by Crippen LogP contribution is 2.30. The molecule has 106 valence electrons. The molecule has 0 unspecified atom stereocenters. The van der Waals surface area contributed by atoms with Crippen molar-refractivity contribution < 1.29 is 0 Å². The van der Waals surface area contributed by atoms with Crippen LogP contribution in [-0.4, -0.2) is 9.97 Å². The number of nitrogens with zero attached hydrogens (tertiary/aromatic N) is 1. The first-order valence-corrected chi connectivity index (χ1v) is 7.54. The molecule has 0 aliphatic carbocycles. The van der Waals surface area contributed by atoms with E-state index in [1.807, 2.05) is 31.2 Å². The Bertz CT molecular complexity index is 637. The van der Waals surface area contributed by atoms with E-state index < -0.39 is 0 Å². The van der Waals surface area contributed by atoms with Crippen molar-refractivity contribution in [3.05, 3.63) is 51.9 Å². The molecule has 1 aromatic carbocycles. The number of benzene rings is 1. The number of nitrogens with one attached hydrogen (secondary N) is 1. The van der Waals surface area contributed by atoms with Crippen LogP contribution in [0.2, 0.25) is 0 Å². The topological polar surface area (TPSA) is 71.8 Å². The number of aromatic amines is 1. The standard InChI is InChI=1S/C15H19N3OS/c1-3-6-11-9-14(19)18-15(17-11)20-13-8-5-4-7-12(13)10(2)16/h4-5,7-10H,3,6,16H2,1-2H3,(H,17,18,19)/t10-/m1/s1. The Kier molecular flexibility index (Phi) is 4.98.